The summed E-state index contributed by atoms with van der Waals surface area (Å²) in [6, 6.07) is 9.90. The van der Waals surface area contributed by atoms with Crippen molar-refractivity contribution in [2.45, 2.75) is 17.9 Å². The molecule has 0 fully saturated rings. The van der Waals surface area contributed by atoms with Gasteiger partial charge in [0.1, 0.15) is 6.10 Å². The highest BCUT2D eigenvalue weighted by molar-refractivity contribution is 7.86. The van der Waals surface area contributed by atoms with Crippen LogP contribution in [0.2, 0.25) is 0 Å². The lowest BCUT2D eigenvalue weighted by Gasteiger charge is -2.10. The highest BCUT2D eigenvalue weighted by Gasteiger charge is 2.18. The van der Waals surface area contributed by atoms with Crippen molar-refractivity contribution in [3.05, 3.63) is 52.2 Å². The first-order chi connectivity index (χ1) is 8.99. The lowest BCUT2D eigenvalue weighted by Crippen LogP contribution is -2.12. The van der Waals surface area contributed by atoms with Gasteiger partial charge in [-0.2, -0.15) is 8.42 Å². The minimum atomic E-state index is -3.82. The van der Waals surface area contributed by atoms with E-state index in [2.05, 4.69) is 0 Å². The highest BCUT2D eigenvalue weighted by atomic mass is 32.2. The van der Waals surface area contributed by atoms with Crippen LogP contribution in [0.25, 0.3) is 0 Å². The van der Waals surface area contributed by atoms with Crippen molar-refractivity contribution in [1.29, 1.82) is 0 Å². The zero-order valence-corrected chi connectivity index (χ0v) is 11.9. The summed E-state index contributed by atoms with van der Waals surface area (Å²) < 4.78 is 28.6. The molecule has 19 heavy (non-hydrogen) atoms. The average Bonchev–Trinajstić information content (AvgIpc) is 2.90. The number of aryl methyl sites for hydroxylation is 1. The first kappa shape index (κ1) is 14.2. The lowest BCUT2D eigenvalue weighted by molar-refractivity contribution is 0.114. The maximum Gasteiger partial charge on any atom is 0.297 e. The summed E-state index contributed by atoms with van der Waals surface area (Å²) in [5, 5.41) is 11.6. The molecule has 0 radical (unpaired) electrons. The van der Waals surface area contributed by atoms with Crippen molar-refractivity contribution in [2.75, 3.05) is 6.61 Å². The van der Waals surface area contributed by atoms with E-state index >= 15 is 0 Å². The molecule has 2 aromatic rings. The molecule has 1 heterocycles. The van der Waals surface area contributed by atoms with E-state index < -0.39 is 16.2 Å². The van der Waals surface area contributed by atoms with Crippen LogP contribution in [0, 0.1) is 6.92 Å². The lowest BCUT2D eigenvalue weighted by atomic mass is 10.2. The number of rotatable bonds is 5. The Morgan fingerprint density at radius 2 is 1.95 bits per heavy atom. The van der Waals surface area contributed by atoms with Crippen LogP contribution in [0.15, 0.2) is 46.7 Å². The van der Waals surface area contributed by atoms with Crippen molar-refractivity contribution in [3.8, 4) is 0 Å². The Hall–Kier alpha value is -1.21. The zero-order chi connectivity index (χ0) is 13.9. The fourth-order valence-corrected chi connectivity index (χ4v) is 3.10. The third-order valence-corrected chi connectivity index (χ3v) is 4.83. The topological polar surface area (TPSA) is 63.6 Å². The maximum absolute atomic E-state index is 11.9. The van der Waals surface area contributed by atoms with Gasteiger partial charge >= 0.3 is 0 Å². The number of benzene rings is 1. The van der Waals surface area contributed by atoms with Gasteiger partial charge in [0.2, 0.25) is 0 Å². The van der Waals surface area contributed by atoms with E-state index in [0.29, 0.717) is 4.88 Å². The van der Waals surface area contributed by atoms with Crippen LogP contribution in [0.5, 0.6) is 0 Å². The molecular formula is C13H14O4S2. The first-order valence-corrected chi connectivity index (χ1v) is 7.95. The van der Waals surface area contributed by atoms with E-state index in [0.717, 1.165) is 5.56 Å². The Morgan fingerprint density at radius 3 is 2.53 bits per heavy atom. The van der Waals surface area contributed by atoms with Gasteiger partial charge in [0.25, 0.3) is 10.1 Å². The Bertz CT molecular complexity index is 615. The largest absolute Gasteiger partial charge is 0.385 e. The van der Waals surface area contributed by atoms with Crippen LogP contribution in [-0.4, -0.2) is 20.1 Å². The molecule has 1 N–H and O–H groups in total. The third kappa shape index (κ3) is 3.63. The van der Waals surface area contributed by atoms with Crippen LogP contribution in [0.1, 0.15) is 16.5 Å². The van der Waals surface area contributed by atoms with Gasteiger partial charge in [-0.25, -0.2) is 0 Å². The number of hydrogen-bond donors (Lipinski definition) is 1. The van der Waals surface area contributed by atoms with Crippen LogP contribution >= 0.6 is 11.3 Å². The fraction of sp³-hybridized carbons (Fsp3) is 0.231. The molecule has 2 rings (SSSR count). The molecule has 0 spiro atoms. The maximum atomic E-state index is 11.9. The molecule has 102 valence electrons. The number of thiophene rings is 1. The molecule has 0 bridgehead atoms. The summed E-state index contributed by atoms with van der Waals surface area (Å²) >= 11 is 1.35. The average molecular weight is 298 g/mol. The van der Waals surface area contributed by atoms with E-state index in [1.165, 1.54) is 23.5 Å². The van der Waals surface area contributed by atoms with Crippen LogP contribution in [0.3, 0.4) is 0 Å². The molecule has 1 aromatic heterocycles. The normalized spacial score (nSPS) is 13.4. The molecule has 4 nitrogen and oxygen atoms in total. The van der Waals surface area contributed by atoms with Crippen molar-refractivity contribution in [2.24, 2.45) is 0 Å². The van der Waals surface area contributed by atoms with E-state index in [-0.39, 0.29) is 11.5 Å². The Kier molecular flexibility index (Phi) is 4.36. The minimum absolute atomic E-state index is 0.0940. The molecule has 0 saturated heterocycles. The summed E-state index contributed by atoms with van der Waals surface area (Å²) in [5.41, 5.74) is 0.970. The second-order valence-corrected chi connectivity index (χ2v) is 6.68. The van der Waals surface area contributed by atoms with Gasteiger partial charge in [0, 0.05) is 4.88 Å². The van der Waals surface area contributed by atoms with Gasteiger partial charge < -0.3 is 5.11 Å². The standard InChI is InChI=1S/C13H14O4S2/c1-10-4-6-11(7-5-10)19(15,16)17-9-12(14)13-3-2-8-18-13/h2-8,12,14H,9H2,1H3/t12-/m0/s1. The first-order valence-electron chi connectivity index (χ1n) is 5.66. The van der Waals surface area contributed by atoms with Crippen LogP contribution < -0.4 is 0 Å². The van der Waals surface area contributed by atoms with Crippen molar-refractivity contribution in [3.63, 3.8) is 0 Å². The van der Waals surface area contributed by atoms with Crippen molar-refractivity contribution < 1.29 is 17.7 Å². The predicted molar refractivity (Wildman–Crippen MR) is 73.6 cm³/mol. The Balaban J connectivity index is 2.04. The molecule has 0 aliphatic heterocycles. The van der Waals surface area contributed by atoms with Gasteiger partial charge in [-0.1, -0.05) is 23.8 Å². The summed E-state index contributed by atoms with van der Waals surface area (Å²) in [4.78, 5) is 0.774. The molecule has 0 unspecified atom stereocenters. The molecule has 0 saturated carbocycles. The van der Waals surface area contributed by atoms with Crippen LogP contribution in [0.4, 0.5) is 0 Å². The van der Waals surface area contributed by atoms with Gasteiger partial charge in [-0.3, -0.25) is 4.18 Å². The summed E-state index contributed by atoms with van der Waals surface area (Å²) in [7, 11) is -3.82. The second kappa shape index (κ2) is 5.83. The predicted octanol–water partition coefficient (Wildman–Crippen LogP) is 2.50. The molecule has 0 aliphatic rings. The van der Waals surface area contributed by atoms with Gasteiger partial charge in [0.15, 0.2) is 0 Å². The fourth-order valence-electron chi connectivity index (χ4n) is 1.49. The van der Waals surface area contributed by atoms with E-state index in [1.54, 1.807) is 24.3 Å². The van der Waals surface area contributed by atoms with Crippen molar-refractivity contribution >= 4 is 21.5 Å². The number of aliphatic hydroxyl groups is 1. The molecule has 1 atom stereocenters. The van der Waals surface area contributed by atoms with E-state index in [9.17, 15) is 13.5 Å². The molecule has 6 heteroatoms. The number of aliphatic hydroxyl groups excluding tert-OH is 1. The van der Waals surface area contributed by atoms with E-state index in [1.807, 2.05) is 12.3 Å². The highest BCUT2D eigenvalue weighted by Crippen LogP contribution is 2.21. The summed E-state index contributed by atoms with van der Waals surface area (Å²) in [6.07, 6.45) is -0.930. The molecule has 0 aliphatic carbocycles. The Labute approximate surface area is 116 Å². The monoisotopic (exact) mass is 298 g/mol. The third-order valence-electron chi connectivity index (χ3n) is 2.56. The Morgan fingerprint density at radius 1 is 1.26 bits per heavy atom. The SMILES string of the molecule is Cc1ccc(S(=O)(=O)OC[C@H](O)c2cccs2)cc1. The molecule has 1 aromatic carbocycles. The minimum Gasteiger partial charge on any atom is -0.385 e. The number of hydrogen-bond acceptors (Lipinski definition) is 5. The zero-order valence-electron chi connectivity index (χ0n) is 10.3. The summed E-state index contributed by atoms with van der Waals surface area (Å²) in [6.45, 7) is 1.59. The second-order valence-electron chi connectivity index (χ2n) is 4.08. The van der Waals surface area contributed by atoms with Crippen molar-refractivity contribution in [1.82, 2.24) is 0 Å². The smallest absolute Gasteiger partial charge is 0.297 e. The molecular weight excluding hydrogens is 284 g/mol. The summed E-state index contributed by atoms with van der Waals surface area (Å²) in [5.74, 6) is 0. The van der Waals surface area contributed by atoms with Crippen LogP contribution in [-0.2, 0) is 14.3 Å². The quantitative estimate of drug-likeness (QED) is 0.861. The van der Waals surface area contributed by atoms with Gasteiger partial charge in [-0.15, -0.1) is 11.3 Å². The molecule has 0 amide bonds. The van der Waals surface area contributed by atoms with E-state index in [4.69, 9.17) is 4.18 Å². The van der Waals surface area contributed by atoms with Gasteiger partial charge in [0.05, 0.1) is 11.5 Å². The van der Waals surface area contributed by atoms with Gasteiger partial charge in [-0.05, 0) is 30.5 Å².